The summed E-state index contributed by atoms with van der Waals surface area (Å²) in [6, 6.07) is 3.60. The molecule has 0 heterocycles. The largest absolute Gasteiger partial charge is 0.481 e. The van der Waals surface area contributed by atoms with Crippen LogP contribution in [0.25, 0.3) is 6.08 Å². The van der Waals surface area contributed by atoms with Crippen molar-refractivity contribution in [1.82, 2.24) is 10.6 Å². The Morgan fingerprint density at radius 3 is 2.24 bits per heavy atom. The number of nitrogens with one attached hydrogen (secondary N) is 2. The number of hydrogen-bond donors (Lipinski definition) is 4. The molecule has 0 aromatic heterocycles. The lowest BCUT2D eigenvalue weighted by atomic mass is 10.1. The van der Waals surface area contributed by atoms with Gasteiger partial charge in [0.15, 0.2) is 0 Å². The van der Waals surface area contributed by atoms with Crippen molar-refractivity contribution in [3.63, 3.8) is 0 Å². The van der Waals surface area contributed by atoms with Crippen LogP contribution in [0.5, 0.6) is 0 Å². The van der Waals surface area contributed by atoms with Gasteiger partial charge in [0.2, 0.25) is 5.91 Å². The standard InChI is InChI=1S/C16H17FN2O6/c1-9(20)18-13(8-10-2-4-11(17)5-3-10)15(23)19-12(16(24)25)6-7-14(21)22/h2-5,8,12H,6-7H2,1H3,(H,18,20)(H,19,23)(H,21,22)(H,24,25)/b13-8+/t12-/m1/s1. The Morgan fingerprint density at radius 1 is 1.16 bits per heavy atom. The van der Waals surface area contributed by atoms with Crippen LogP contribution in [0.3, 0.4) is 0 Å². The zero-order chi connectivity index (χ0) is 19.0. The van der Waals surface area contributed by atoms with Gasteiger partial charge in [-0.3, -0.25) is 14.4 Å². The second-order valence-electron chi connectivity index (χ2n) is 5.09. The monoisotopic (exact) mass is 352 g/mol. The highest BCUT2D eigenvalue weighted by atomic mass is 19.1. The van der Waals surface area contributed by atoms with E-state index in [-0.39, 0.29) is 12.1 Å². The van der Waals surface area contributed by atoms with Crippen molar-refractivity contribution in [1.29, 1.82) is 0 Å². The Kier molecular flexibility index (Phi) is 7.26. The Bertz CT molecular complexity index is 699. The van der Waals surface area contributed by atoms with Gasteiger partial charge in [0, 0.05) is 13.3 Å². The molecular weight excluding hydrogens is 335 g/mol. The Morgan fingerprint density at radius 2 is 1.76 bits per heavy atom. The molecule has 0 unspecified atom stereocenters. The van der Waals surface area contributed by atoms with Gasteiger partial charge in [-0.2, -0.15) is 0 Å². The van der Waals surface area contributed by atoms with Crippen LogP contribution in [-0.2, 0) is 19.2 Å². The van der Waals surface area contributed by atoms with Crippen LogP contribution in [0.2, 0.25) is 0 Å². The molecular formula is C16H17FN2O6. The molecule has 134 valence electrons. The molecule has 4 N–H and O–H groups in total. The summed E-state index contributed by atoms with van der Waals surface area (Å²) in [4.78, 5) is 45.2. The summed E-state index contributed by atoms with van der Waals surface area (Å²) in [7, 11) is 0. The van der Waals surface area contributed by atoms with E-state index in [9.17, 15) is 23.6 Å². The van der Waals surface area contributed by atoms with E-state index in [1.54, 1.807) is 0 Å². The minimum atomic E-state index is -1.44. The van der Waals surface area contributed by atoms with Gasteiger partial charge >= 0.3 is 11.9 Å². The van der Waals surface area contributed by atoms with Crippen molar-refractivity contribution in [2.24, 2.45) is 0 Å². The second-order valence-corrected chi connectivity index (χ2v) is 5.09. The van der Waals surface area contributed by atoms with Crippen LogP contribution in [0.15, 0.2) is 30.0 Å². The lowest BCUT2D eigenvalue weighted by Gasteiger charge is -2.15. The molecule has 1 rings (SSSR count). The topological polar surface area (TPSA) is 133 Å². The highest BCUT2D eigenvalue weighted by Crippen LogP contribution is 2.08. The smallest absolute Gasteiger partial charge is 0.326 e. The molecule has 8 nitrogen and oxygen atoms in total. The average Bonchev–Trinajstić information content (AvgIpc) is 2.51. The number of benzene rings is 1. The molecule has 1 atom stereocenters. The van der Waals surface area contributed by atoms with Gasteiger partial charge in [-0.15, -0.1) is 0 Å². The minimum Gasteiger partial charge on any atom is -0.481 e. The number of aliphatic carboxylic acids is 2. The van der Waals surface area contributed by atoms with E-state index in [2.05, 4.69) is 10.6 Å². The first-order valence-corrected chi connectivity index (χ1v) is 7.19. The third-order valence-electron chi connectivity index (χ3n) is 2.99. The van der Waals surface area contributed by atoms with E-state index in [4.69, 9.17) is 10.2 Å². The van der Waals surface area contributed by atoms with Crippen molar-refractivity contribution in [3.8, 4) is 0 Å². The van der Waals surface area contributed by atoms with Gasteiger partial charge in [0.05, 0.1) is 0 Å². The molecule has 0 aliphatic carbocycles. The number of halogens is 1. The quantitative estimate of drug-likeness (QED) is 0.510. The van der Waals surface area contributed by atoms with Crippen LogP contribution in [0, 0.1) is 5.82 Å². The highest BCUT2D eigenvalue weighted by molar-refractivity contribution is 6.02. The number of carbonyl (C=O) groups is 4. The maximum absolute atomic E-state index is 12.9. The second kappa shape index (κ2) is 9.16. The van der Waals surface area contributed by atoms with E-state index >= 15 is 0 Å². The summed E-state index contributed by atoms with van der Waals surface area (Å²) in [5.74, 6) is -4.57. The molecule has 0 radical (unpaired) electrons. The Balaban J connectivity index is 2.98. The van der Waals surface area contributed by atoms with Crippen molar-refractivity contribution in [2.45, 2.75) is 25.8 Å². The SMILES string of the molecule is CC(=O)N/C(=C/c1ccc(F)cc1)C(=O)N[C@H](CCC(=O)O)C(=O)O. The van der Waals surface area contributed by atoms with Gasteiger partial charge in [-0.25, -0.2) is 9.18 Å². The molecule has 25 heavy (non-hydrogen) atoms. The summed E-state index contributed by atoms with van der Waals surface area (Å²) in [6.07, 6.45) is 0.473. The molecule has 0 spiro atoms. The lowest BCUT2D eigenvalue weighted by Crippen LogP contribution is -2.44. The van der Waals surface area contributed by atoms with Gasteiger partial charge in [0.25, 0.3) is 5.91 Å². The highest BCUT2D eigenvalue weighted by Gasteiger charge is 2.23. The fraction of sp³-hybridized carbons (Fsp3) is 0.250. The van der Waals surface area contributed by atoms with Gasteiger partial charge in [-0.1, -0.05) is 12.1 Å². The van der Waals surface area contributed by atoms with Crippen molar-refractivity contribution in [2.75, 3.05) is 0 Å². The first-order chi connectivity index (χ1) is 11.7. The van der Waals surface area contributed by atoms with Gasteiger partial charge in [0.1, 0.15) is 17.6 Å². The summed E-state index contributed by atoms with van der Waals surface area (Å²) >= 11 is 0. The van der Waals surface area contributed by atoms with Crippen molar-refractivity contribution >= 4 is 29.8 Å². The molecule has 0 fully saturated rings. The van der Waals surface area contributed by atoms with Crippen LogP contribution in [0.4, 0.5) is 4.39 Å². The van der Waals surface area contributed by atoms with E-state index in [0.29, 0.717) is 5.56 Å². The summed E-state index contributed by atoms with van der Waals surface area (Å²) in [6.45, 7) is 1.16. The number of amides is 2. The maximum atomic E-state index is 12.9. The molecule has 9 heteroatoms. The number of hydrogen-bond acceptors (Lipinski definition) is 4. The van der Waals surface area contributed by atoms with E-state index in [1.807, 2.05) is 0 Å². The Labute approximate surface area is 142 Å². The number of rotatable bonds is 8. The molecule has 0 bridgehead atoms. The summed E-state index contributed by atoms with van der Waals surface area (Å²) in [5, 5.41) is 22.1. The summed E-state index contributed by atoms with van der Waals surface area (Å²) in [5.41, 5.74) is 0.151. The van der Waals surface area contributed by atoms with E-state index < -0.39 is 42.0 Å². The lowest BCUT2D eigenvalue weighted by molar-refractivity contribution is -0.142. The predicted molar refractivity (Wildman–Crippen MR) is 84.6 cm³/mol. The van der Waals surface area contributed by atoms with Crippen LogP contribution in [-0.4, -0.2) is 40.0 Å². The van der Waals surface area contributed by atoms with Crippen LogP contribution in [0.1, 0.15) is 25.3 Å². The number of carbonyl (C=O) groups excluding carboxylic acids is 2. The first kappa shape index (κ1) is 19.8. The third kappa shape index (κ3) is 7.25. The van der Waals surface area contributed by atoms with Gasteiger partial charge < -0.3 is 20.8 Å². The summed E-state index contributed by atoms with van der Waals surface area (Å²) < 4.78 is 12.9. The maximum Gasteiger partial charge on any atom is 0.326 e. The Hall–Kier alpha value is -3.23. The molecule has 1 aromatic carbocycles. The molecule has 0 saturated carbocycles. The number of carboxylic acids is 2. The minimum absolute atomic E-state index is 0.249. The molecule has 2 amide bonds. The average molecular weight is 352 g/mol. The molecule has 0 aliphatic rings. The molecule has 0 saturated heterocycles. The first-order valence-electron chi connectivity index (χ1n) is 7.19. The third-order valence-corrected chi connectivity index (χ3v) is 2.99. The van der Waals surface area contributed by atoms with Crippen molar-refractivity contribution < 1.29 is 33.8 Å². The normalized spacial score (nSPS) is 12.2. The molecule has 0 aliphatic heterocycles. The van der Waals surface area contributed by atoms with Crippen LogP contribution >= 0.6 is 0 Å². The fourth-order valence-corrected chi connectivity index (χ4v) is 1.83. The fourth-order valence-electron chi connectivity index (χ4n) is 1.83. The zero-order valence-electron chi connectivity index (χ0n) is 13.3. The number of carboxylic acid groups (broad SMARTS) is 2. The van der Waals surface area contributed by atoms with E-state index in [0.717, 1.165) is 19.1 Å². The van der Waals surface area contributed by atoms with Crippen LogP contribution < -0.4 is 10.6 Å². The zero-order valence-corrected chi connectivity index (χ0v) is 13.3. The van der Waals surface area contributed by atoms with Gasteiger partial charge in [-0.05, 0) is 30.2 Å². The predicted octanol–water partition coefficient (Wildman–Crippen LogP) is 0.737. The molecule has 1 aromatic rings. The van der Waals surface area contributed by atoms with Crippen molar-refractivity contribution in [3.05, 3.63) is 41.3 Å². The van der Waals surface area contributed by atoms with E-state index in [1.165, 1.54) is 18.2 Å².